The molecule has 1 aromatic heterocycles. The summed E-state index contributed by atoms with van der Waals surface area (Å²) in [5, 5.41) is 52.2. The highest BCUT2D eigenvalue weighted by molar-refractivity contribution is 8.07. The molecule has 0 unspecified atom stereocenters. The molecule has 0 bridgehead atoms. The van der Waals surface area contributed by atoms with Crippen LogP contribution < -0.4 is 21.5 Å². The van der Waals surface area contributed by atoms with E-state index >= 15 is 0 Å². The molecule has 5 aliphatic rings. The fraction of sp³-hybridized carbons (Fsp3) is 0.594. The lowest BCUT2D eigenvalue weighted by Gasteiger charge is -2.31. The van der Waals surface area contributed by atoms with Gasteiger partial charge in [-0.2, -0.15) is 4.98 Å². The number of nitrogens with zero attached hydrogens (tertiary/aromatic N) is 3. The first-order chi connectivity index (χ1) is 23.6. The van der Waals surface area contributed by atoms with E-state index in [-0.39, 0.29) is 66.7 Å². The van der Waals surface area contributed by atoms with Crippen LogP contribution in [0.3, 0.4) is 0 Å². The van der Waals surface area contributed by atoms with E-state index in [2.05, 4.69) is 28.4 Å². The van der Waals surface area contributed by atoms with Crippen molar-refractivity contribution in [2.45, 2.75) is 108 Å². The predicted octanol–water partition coefficient (Wildman–Crippen LogP) is 1.12. The van der Waals surface area contributed by atoms with Gasteiger partial charge in [-0.3, -0.25) is 29.7 Å². The zero-order chi connectivity index (χ0) is 36.8. The van der Waals surface area contributed by atoms with E-state index in [0.29, 0.717) is 33.5 Å². The van der Waals surface area contributed by atoms with E-state index in [4.69, 9.17) is 25.4 Å². The van der Waals surface area contributed by atoms with Gasteiger partial charge in [0.2, 0.25) is 5.95 Å². The van der Waals surface area contributed by atoms with E-state index in [1.54, 1.807) is 4.90 Å². The predicted molar refractivity (Wildman–Crippen MR) is 191 cm³/mol. The molecule has 0 saturated carbocycles. The molecule has 0 spiro atoms. The number of carbonyl (C=O) groups is 2. The van der Waals surface area contributed by atoms with E-state index in [0.717, 1.165) is 11.8 Å². The zero-order valence-corrected chi connectivity index (χ0v) is 29.6. The minimum Gasteiger partial charge on any atom is -0.463 e. The van der Waals surface area contributed by atoms with Crippen molar-refractivity contribution in [1.82, 2.24) is 20.2 Å². The van der Waals surface area contributed by atoms with Crippen LogP contribution in [-0.4, -0.2) is 109 Å². The smallest absolute Gasteiger partial charge is 0.309 e. The lowest BCUT2D eigenvalue weighted by atomic mass is 9.93. The summed E-state index contributed by atoms with van der Waals surface area (Å²) in [5.41, 5.74) is 5.80. The number of anilines is 2. The molecule has 9 atom stereocenters. The van der Waals surface area contributed by atoms with Crippen LogP contribution in [0.25, 0.3) is 0 Å². The van der Waals surface area contributed by atoms with Crippen LogP contribution in [0.5, 0.6) is 0 Å². The summed E-state index contributed by atoms with van der Waals surface area (Å²) in [5.74, 6) is -0.642. The molecule has 0 radical (unpaired) electrons. The Morgan fingerprint density at radius 2 is 1.63 bits per heavy atom. The van der Waals surface area contributed by atoms with Crippen LogP contribution in [0.15, 0.2) is 43.5 Å². The average Bonchev–Trinajstić information content (AvgIpc) is 3.73. The molecule has 19 heteroatoms. The molecule has 6 rings (SSSR count). The molecule has 1 aromatic rings. The number of nitrogens with one attached hydrogen (secondary N) is 3. The number of hydrogen-bond donors (Lipinski definition) is 8. The molecule has 5 aliphatic heterocycles. The van der Waals surface area contributed by atoms with Crippen molar-refractivity contribution >= 4 is 53.0 Å². The summed E-state index contributed by atoms with van der Waals surface area (Å²) >= 11 is 2.26. The van der Waals surface area contributed by atoms with Crippen LogP contribution in [0.4, 0.5) is 11.8 Å². The topological polar surface area (TPSA) is 257 Å². The van der Waals surface area contributed by atoms with Gasteiger partial charge < -0.3 is 50.6 Å². The van der Waals surface area contributed by atoms with E-state index in [9.17, 15) is 34.8 Å². The SMILES string of the molecule is C.C=C1SC2=C(CC(=N)NC2=O)N1[C@@H]1O[C@H](CC)[C@@H](O)[C@H]1O.C=C1Sc2c(nc(N)[nH]c2=O)N1[C@@H]1O[C@H](COC(=O)[C@@H](CC)C(C)C)[C@@H](O)[C@H]1O. The molecule has 6 heterocycles. The van der Waals surface area contributed by atoms with Crippen LogP contribution in [0, 0.1) is 17.2 Å². The van der Waals surface area contributed by atoms with Gasteiger partial charge in [0.25, 0.3) is 11.5 Å². The number of aromatic amines is 1. The minimum atomic E-state index is -1.34. The number of thioether (sulfide) groups is 2. The van der Waals surface area contributed by atoms with Crippen molar-refractivity contribution in [2.24, 2.45) is 11.8 Å². The Hall–Kier alpha value is -3.43. The number of aliphatic hydroxyl groups excluding tert-OH is 4. The van der Waals surface area contributed by atoms with Crippen LogP contribution in [-0.2, 0) is 23.8 Å². The molecule has 51 heavy (non-hydrogen) atoms. The largest absolute Gasteiger partial charge is 0.463 e. The standard InChI is InChI=1S/C18H26N4O6S.C13H17N3O4S.CH4/c1-5-9(7(2)3)17(26)27-6-10-11(23)12(24)16(28-10)22-8(4)29-13-14(22)20-18(19)21-15(13)25;1-3-7-9(17)10(18)13(20-7)16-5(2)21-11-6(16)4-8(14)15-12(11)19;/h7,9-12,16,23-24H,4-6H2,1-3H3,(H3,19,20,21,25);7,9-10,13,17-18H,2-4H2,1H3,(H2,14,15,19);1H4/t9-,10+,11+,12+,16+;7-,9-,10-,13-;/m01./s1. The maximum absolute atomic E-state index is 12.3. The van der Waals surface area contributed by atoms with Gasteiger partial charge in [-0.05, 0) is 18.8 Å². The maximum atomic E-state index is 12.3. The van der Waals surface area contributed by atoms with Crippen molar-refractivity contribution < 1.29 is 44.2 Å². The van der Waals surface area contributed by atoms with Crippen molar-refractivity contribution in [3.05, 3.63) is 44.2 Å². The first-order valence-corrected chi connectivity index (χ1v) is 17.8. The second-order valence-electron chi connectivity index (χ2n) is 12.6. The molecular formula is C32H47N7O10S2. The second-order valence-corrected chi connectivity index (χ2v) is 14.8. The number of ether oxygens (including phenoxy) is 3. The summed E-state index contributed by atoms with van der Waals surface area (Å²) in [6, 6.07) is 0. The molecule has 282 valence electrons. The molecule has 9 N–H and O–H groups in total. The van der Waals surface area contributed by atoms with Gasteiger partial charge in [0.05, 0.1) is 27.0 Å². The number of amidine groups is 1. The van der Waals surface area contributed by atoms with Gasteiger partial charge in [-0.15, -0.1) is 0 Å². The quantitative estimate of drug-likeness (QED) is 0.173. The van der Waals surface area contributed by atoms with E-state index < -0.39 is 54.6 Å². The molecule has 0 aromatic carbocycles. The molecule has 2 saturated heterocycles. The number of aliphatic hydroxyl groups is 4. The monoisotopic (exact) mass is 753 g/mol. The Labute approximate surface area is 303 Å². The van der Waals surface area contributed by atoms with Gasteiger partial charge >= 0.3 is 5.97 Å². The average molecular weight is 754 g/mol. The van der Waals surface area contributed by atoms with Gasteiger partial charge in [0, 0.05) is 12.1 Å². The first kappa shape index (κ1) is 40.3. The Kier molecular flexibility index (Phi) is 12.7. The minimum absolute atomic E-state index is 0. The summed E-state index contributed by atoms with van der Waals surface area (Å²) in [6.07, 6.45) is -6.47. The van der Waals surface area contributed by atoms with Gasteiger partial charge in [-0.1, -0.05) is 71.8 Å². The highest BCUT2D eigenvalue weighted by atomic mass is 32.2. The van der Waals surface area contributed by atoms with Gasteiger partial charge in [0.1, 0.15) is 47.9 Å². The van der Waals surface area contributed by atoms with Crippen molar-refractivity contribution in [3.63, 3.8) is 0 Å². The summed E-state index contributed by atoms with van der Waals surface area (Å²) in [4.78, 5) is 46.6. The number of rotatable bonds is 8. The van der Waals surface area contributed by atoms with E-state index in [1.165, 1.54) is 16.7 Å². The first-order valence-electron chi connectivity index (χ1n) is 16.1. The molecule has 1 amide bonds. The fourth-order valence-corrected chi connectivity index (χ4v) is 8.23. The number of aromatic nitrogens is 2. The number of amides is 1. The Morgan fingerprint density at radius 3 is 2.22 bits per heavy atom. The Balaban J connectivity index is 0.000000235. The van der Waals surface area contributed by atoms with Crippen LogP contribution in [0.1, 0.15) is 54.4 Å². The third-order valence-corrected chi connectivity index (χ3v) is 11.0. The zero-order valence-electron chi connectivity index (χ0n) is 28.0. The number of fused-ring (bicyclic) bond motifs is 1. The summed E-state index contributed by atoms with van der Waals surface area (Å²) in [6.45, 7) is 15.2. The highest BCUT2D eigenvalue weighted by Gasteiger charge is 2.51. The van der Waals surface area contributed by atoms with Crippen LogP contribution in [0.2, 0.25) is 0 Å². The molecular weight excluding hydrogens is 707 g/mol. The third-order valence-electron chi connectivity index (χ3n) is 8.97. The summed E-state index contributed by atoms with van der Waals surface area (Å²) < 4.78 is 16.8. The number of carbonyl (C=O) groups excluding carboxylic acids is 2. The lowest BCUT2D eigenvalue weighted by molar-refractivity contribution is -0.155. The second kappa shape index (κ2) is 16.1. The van der Waals surface area contributed by atoms with Crippen molar-refractivity contribution in [2.75, 3.05) is 17.2 Å². The molecule has 17 nitrogen and oxygen atoms in total. The van der Waals surface area contributed by atoms with Gasteiger partial charge in [-0.25, -0.2) is 0 Å². The number of H-pyrrole nitrogens is 1. The van der Waals surface area contributed by atoms with Crippen molar-refractivity contribution in [3.8, 4) is 0 Å². The van der Waals surface area contributed by atoms with Gasteiger partial charge in [0.15, 0.2) is 18.3 Å². The Morgan fingerprint density at radius 1 is 1.04 bits per heavy atom. The third kappa shape index (κ3) is 7.71. The van der Waals surface area contributed by atoms with Crippen LogP contribution >= 0.6 is 23.5 Å². The number of esters is 1. The maximum Gasteiger partial charge on any atom is 0.309 e. The lowest BCUT2D eigenvalue weighted by Crippen LogP contribution is -2.44. The molecule has 2 fully saturated rings. The van der Waals surface area contributed by atoms with Crippen molar-refractivity contribution in [1.29, 1.82) is 5.41 Å². The Bertz CT molecular complexity index is 1650. The fourth-order valence-electron chi connectivity index (χ4n) is 6.34. The molecule has 0 aliphatic carbocycles. The summed E-state index contributed by atoms with van der Waals surface area (Å²) in [7, 11) is 0. The number of nitrogens with two attached hydrogens (primary N) is 1. The van der Waals surface area contributed by atoms with E-state index in [1.807, 2.05) is 27.7 Å². The highest BCUT2D eigenvalue weighted by Crippen LogP contribution is 2.47. The number of hydrogen-bond acceptors (Lipinski definition) is 17. The normalized spacial score (nSPS) is 30.5. The number of nitrogen functional groups attached to an aromatic ring is 1.